The standard InChI is InChI=1S/C10H14S2/c11-9-7-4-8(10(9)12)6-3-1-2-5(6)7/h1-2,5-12H,3-4H2. The Morgan fingerprint density at radius 3 is 2.58 bits per heavy atom. The van der Waals surface area contributed by atoms with Crippen LogP contribution in [-0.4, -0.2) is 10.5 Å². The van der Waals surface area contributed by atoms with Crippen LogP contribution in [0.15, 0.2) is 12.2 Å². The number of rotatable bonds is 0. The highest BCUT2D eigenvalue weighted by Crippen LogP contribution is 2.59. The van der Waals surface area contributed by atoms with Crippen molar-refractivity contribution < 1.29 is 0 Å². The first kappa shape index (κ1) is 7.81. The van der Waals surface area contributed by atoms with Crippen LogP contribution in [0.2, 0.25) is 0 Å². The van der Waals surface area contributed by atoms with Crippen LogP contribution in [-0.2, 0) is 0 Å². The van der Waals surface area contributed by atoms with Gasteiger partial charge in [0, 0.05) is 10.5 Å². The van der Waals surface area contributed by atoms with Crippen molar-refractivity contribution in [1.82, 2.24) is 0 Å². The third kappa shape index (κ3) is 0.784. The van der Waals surface area contributed by atoms with Crippen molar-refractivity contribution in [3.63, 3.8) is 0 Å². The maximum Gasteiger partial charge on any atom is 0.0170 e. The van der Waals surface area contributed by atoms with E-state index < -0.39 is 0 Å². The summed E-state index contributed by atoms with van der Waals surface area (Å²) < 4.78 is 0. The average Bonchev–Trinajstić information content (AvgIpc) is 2.63. The highest BCUT2D eigenvalue weighted by atomic mass is 32.1. The van der Waals surface area contributed by atoms with Crippen molar-refractivity contribution in [3.05, 3.63) is 12.2 Å². The van der Waals surface area contributed by atoms with Gasteiger partial charge < -0.3 is 0 Å². The van der Waals surface area contributed by atoms with E-state index in [0.717, 1.165) is 23.7 Å². The fraction of sp³-hybridized carbons (Fsp3) is 0.800. The molecule has 2 bridgehead atoms. The van der Waals surface area contributed by atoms with Crippen molar-refractivity contribution in [2.24, 2.45) is 23.7 Å². The molecular weight excluding hydrogens is 184 g/mol. The fourth-order valence-corrected chi connectivity index (χ4v) is 4.63. The van der Waals surface area contributed by atoms with E-state index in [-0.39, 0.29) is 0 Å². The molecule has 0 N–H and O–H groups in total. The number of thiol groups is 2. The molecule has 3 aliphatic rings. The Hall–Kier alpha value is 0.440. The highest BCUT2D eigenvalue weighted by molar-refractivity contribution is 7.85. The Kier molecular flexibility index (Phi) is 1.61. The molecule has 3 aliphatic carbocycles. The third-order valence-corrected chi connectivity index (χ3v) is 5.72. The molecule has 2 heteroatoms. The van der Waals surface area contributed by atoms with E-state index in [1.807, 2.05) is 0 Å². The van der Waals surface area contributed by atoms with E-state index in [0.29, 0.717) is 10.5 Å². The highest BCUT2D eigenvalue weighted by Gasteiger charge is 2.55. The van der Waals surface area contributed by atoms with Gasteiger partial charge in [0.15, 0.2) is 0 Å². The van der Waals surface area contributed by atoms with Crippen LogP contribution < -0.4 is 0 Å². The zero-order chi connectivity index (χ0) is 8.29. The molecule has 0 nitrogen and oxygen atoms in total. The van der Waals surface area contributed by atoms with Gasteiger partial charge in [-0.25, -0.2) is 0 Å². The molecule has 2 saturated carbocycles. The van der Waals surface area contributed by atoms with Crippen molar-refractivity contribution in [3.8, 4) is 0 Å². The predicted molar refractivity (Wildman–Crippen MR) is 57.9 cm³/mol. The van der Waals surface area contributed by atoms with Crippen LogP contribution >= 0.6 is 25.3 Å². The number of hydrogen-bond acceptors (Lipinski definition) is 2. The normalized spacial score (nSPS) is 61.2. The van der Waals surface area contributed by atoms with Gasteiger partial charge in [0.05, 0.1) is 0 Å². The zero-order valence-corrected chi connectivity index (χ0v) is 8.72. The van der Waals surface area contributed by atoms with Gasteiger partial charge in [0.25, 0.3) is 0 Å². The third-order valence-electron chi connectivity index (χ3n) is 4.08. The van der Waals surface area contributed by atoms with E-state index in [9.17, 15) is 0 Å². The summed E-state index contributed by atoms with van der Waals surface area (Å²) in [6, 6.07) is 0. The van der Waals surface area contributed by atoms with E-state index in [1.165, 1.54) is 12.8 Å². The second-order valence-corrected chi connectivity index (χ2v) is 5.64. The van der Waals surface area contributed by atoms with E-state index in [1.54, 1.807) is 0 Å². The first-order valence-corrected chi connectivity index (χ1v) is 5.85. The summed E-state index contributed by atoms with van der Waals surface area (Å²) in [6.45, 7) is 0. The minimum absolute atomic E-state index is 0.558. The van der Waals surface area contributed by atoms with Crippen molar-refractivity contribution in [1.29, 1.82) is 0 Å². The lowest BCUT2D eigenvalue weighted by Crippen LogP contribution is -2.33. The first-order valence-electron chi connectivity index (χ1n) is 4.82. The Morgan fingerprint density at radius 2 is 1.75 bits per heavy atom. The van der Waals surface area contributed by atoms with Crippen LogP contribution in [0.25, 0.3) is 0 Å². The molecule has 0 aliphatic heterocycles. The minimum Gasteiger partial charge on any atom is -0.174 e. The number of allylic oxidation sites excluding steroid dienone is 2. The Morgan fingerprint density at radius 1 is 1.00 bits per heavy atom. The Labute approximate surface area is 84.6 Å². The molecule has 0 aromatic carbocycles. The van der Waals surface area contributed by atoms with Crippen LogP contribution in [0.1, 0.15) is 12.8 Å². The summed E-state index contributed by atoms with van der Waals surface area (Å²) in [5, 5.41) is 1.13. The van der Waals surface area contributed by atoms with Gasteiger partial charge in [-0.3, -0.25) is 0 Å². The van der Waals surface area contributed by atoms with Gasteiger partial charge in [-0.2, -0.15) is 25.3 Å². The maximum atomic E-state index is 4.67. The number of fused-ring (bicyclic) bond motifs is 5. The lowest BCUT2D eigenvalue weighted by molar-refractivity contribution is 0.300. The minimum atomic E-state index is 0.558. The van der Waals surface area contributed by atoms with Gasteiger partial charge >= 0.3 is 0 Å². The lowest BCUT2D eigenvalue weighted by atomic mass is 9.81. The topological polar surface area (TPSA) is 0 Å². The molecule has 0 heterocycles. The quantitative estimate of drug-likeness (QED) is 0.433. The Bertz CT molecular complexity index is 236. The molecule has 0 spiro atoms. The molecule has 0 saturated heterocycles. The number of hydrogen-bond donors (Lipinski definition) is 2. The largest absolute Gasteiger partial charge is 0.174 e. The smallest absolute Gasteiger partial charge is 0.0170 e. The average molecular weight is 198 g/mol. The van der Waals surface area contributed by atoms with Crippen LogP contribution in [0.4, 0.5) is 0 Å². The lowest BCUT2D eigenvalue weighted by Gasteiger charge is -2.32. The Balaban J connectivity index is 1.95. The molecule has 3 rings (SSSR count). The van der Waals surface area contributed by atoms with E-state index in [2.05, 4.69) is 37.4 Å². The van der Waals surface area contributed by atoms with Gasteiger partial charge in [-0.05, 0) is 36.5 Å². The van der Waals surface area contributed by atoms with Crippen LogP contribution in [0, 0.1) is 23.7 Å². The van der Waals surface area contributed by atoms with Crippen LogP contribution in [0.3, 0.4) is 0 Å². The SMILES string of the molecule is SC1C(S)C2CC1C1C=CCC12. The summed E-state index contributed by atoms with van der Waals surface area (Å²) >= 11 is 9.33. The summed E-state index contributed by atoms with van der Waals surface area (Å²) in [4.78, 5) is 0. The van der Waals surface area contributed by atoms with Gasteiger partial charge in [-0.15, -0.1) is 0 Å². The molecular formula is C10H14S2. The van der Waals surface area contributed by atoms with E-state index >= 15 is 0 Å². The molecule has 0 radical (unpaired) electrons. The first-order chi connectivity index (χ1) is 5.79. The molecule has 0 aromatic rings. The molecule has 66 valence electrons. The summed E-state index contributed by atoms with van der Waals surface area (Å²) in [5.41, 5.74) is 0. The van der Waals surface area contributed by atoms with E-state index in [4.69, 9.17) is 0 Å². The van der Waals surface area contributed by atoms with Crippen molar-refractivity contribution in [2.75, 3.05) is 0 Å². The fourth-order valence-electron chi connectivity index (χ4n) is 3.53. The van der Waals surface area contributed by atoms with Gasteiger partial charge in [-0.1, -0.05) is 12.2 Å². The molecule has 6 unspecified atom stereocenters. The summed E-state index contributed by atoms with van der Waals surface area (Å²) in [6.07, 6.45) is 7.49. The molecule has 6 atom stereocenters. The molecule has 0 aromatic heterocycles. The van der Waals surface area contributed by atoms with Crippen LogP contribution in [0.5, 0.6) is 0 Å². The maximum absolute atomic E-state index is 4.67. The monoisotopic (exact) mass is 198 g/mol. The summed E-state index contributed by atoms with van der Waals surface area (Å²) in [5.74, 6) is 3.49. The van der Waals surface area contributed by atoms with Crippen molar-refractivity contribution >= 4 is 25.3 Å². The van der Waals surface area contributed by atoms with Crippen molar-refractivity contribution in [2.45, 2.75) is 23.3 Å². The second kappa shape index (κ2) is 2.48. The van der Waals surface area contributed by atoms with Gasteiger partial charge in [0.2, 0.25) is 0 Å². The summed E-state index contributed by atoms with van der Waals surface area (Å²) in [7, 11) is 0. The second-order valence-electron chi connectivity index (χ2n) is 4.45. The zero-order valence-electron chi connectivity index (χ0n) is 6.93. The molecule has 2 fully saturated rings. The molecule has 12 heavy (non-hydrogen) atoms. The van der Waals surface area contributed by atoms with Gasteiger partial charge in [0.1, 0.15) is 0 Å². The predicted octanol–water partition coefficient (Wildman–Crippen LogP) is 2.43. The molecule has 0 amide bonds.